The third-order valence-electron chi connectivity index (χ3n) is 4.61. The molecule has 2 heteroatoms. The van der Waals surface area contributed by atoms with Crippen LogP contribution in [0.3, 0.4) is 0 Å². The molecule has 0 aliphatic heterocycles. The Hall–Kier alpha value is -2.06. The number of rotatable bonds is 1. The van der Waals surface area contributed by atoms with Gasteiger partial charge in [-0.3, -0.25) is 0 Å². The van der Waals surface area contributed by atoms with E-state index in [1.165, 1.54) is 33.1 Å². The summed E-state index contributed by atoms with van der Waals surface area (Å²) in [5.41, 5.74) is 5.18. The average Bonchev–Trinajstić information content (AvgIpc) is 2.87. The highest BCUT2D eigenvalue weighted by atomic mass is 79.9. The summed E-state index contributed by atoms with van der Waals surface area (Å²) >= 11 is 3.61. The number of halogens is 1. The third kappa shape index (κ3) is 2.46. The molecular weight excluding hydrogens is 358 g/mol. The van der Waals surface area contributed by atoms with Crippen molar-refractivity contribution in [2.75, 3.05) is 0 Å². The van der Waals surface area contributed by atoms with Gasteiger partial charge in [-0.2, -0.15) is 0 Å². The zero-order chi connectivity index (χ0) is 16.9. The normalized spacial score (nSPS) is 12.2. The molecule has 4 rings (SSSR count). The number of aromatic nitrogens is 1. The summed E-state index contributed by atoms with van der Waals surface area (Å²) in [5.74, 6) is 0. The van der Waals surface area contributed by atoms with Crippen molar-refractivity contribution < 1.29 is 0 Å². The molecule has 0 atom stereocenters. The molecule has 0 bridgehead atoms. The minimum atomic E-state index is 0.132. The Bertz CT molecular complexity index is 1050. The van der Waals surface area contributed by atoms with Crippen molar-refractivity contribution in [3.63, 3.8) is 0 Å². The molecule has 1 nitrogen and oxygen atoms in total. The first kappa shape index (κ1) is 15.5. The summed E-state index contributed by atoms with van der Waals surface area (Å²) in [4.78, 5) is 0. The Balaban J connectivity index is 2.15. The van der Waals surface area contributed by atoms with Crippen LogP contribution >= 0.6 is 15.9 Å². The Morgan fingerprint density at radius 1 is 0.750 bits per heavy atom. The van der Waals surface area contributed by atoms with Crippen molar-refractivity contribution in [3.05, 3.63) is 76.8 Å². The van der Waals surface area contributed by atoms with E-state index in [9.17, 15) is 0 Å². The van der Waals surface area contributed by atoms with Crippen LogP contribution in [0.15, 0.2) is 71.2 Å². The zero-order valence-electron chi connectivity index (χ0n) is 14.2. The maximum atomic E-state index is 3.61. The fourth-order valence-corrected chi connectivity index (χ4v) is 3.72. The lowest BCUT2D eigenvalue weighted by Crippen LogP contribution is -2.10. The van der Waals surface area contributed by atoms with Crippen molar-refractivity contribution in [2.24, 2.45) is 0 Å². The maximum absolute atomic E-state index is 3.61. The lowest BCUT2D eigenvalue weighted by atomic mass is 9.86. The number of nitrogens with zero attached hydrogens (tertiary/aromatic N) is 1. The van der Waals surface area contributed by atoms with Gasteiger partial charge in [0.25, 0.3) is 0 Å². The Labute approximate surface area is 151 Å². The van der Waals surface area contributed by atoms with E-state index in [0.717, 1.165) is 4.47 Å². The quantitative estimate of drug-likeness (QED) is 0.342. The van der Waals surface area contributed by atoms with Crippen LogP contribution in [0.25, 0.3) is 27.5 Å². The smallest absolute Gasteiger partial charge is 0.0544 e. The number of para-hydroxylation sites is 1. The van der Waals surface area contributed by atoms with E-state index in [-0.39, 0.29) is 5.41 Å². The van der Waals surface area contributed by atoms with E-state index < -0.39 is 0 Å². The second kappa shape index (κ2) is 5.49. The fourth-order valence-electron chi connectivity index (χ4n) is 3.33. The molecule has 0 saturated carbocycles. The van der Waals surface area contributed by atoms with Crippen molar-refractivity contribution in [1.29, 1.82) is 0 Å². The molecule has 120 valence electrons. The largest absolute Gasteiger partial charge is 0.309 e. The van der Waals surface area contributed by atoms with Crippen LogP contribution in [0.2, 0.25) is 0 Å². The van der Waals surface area contributed by atoms with Crippen molar-refractivity contribution >= 4 is 37.7 Å². The van der Waals surface area contributed by atoms with Gasteiger partial charge in [-0.25, -0.2) is 0 Å². The lowest BCUT2D eigenvalue weighted by molar-refractivity contribution is 0.591. The van der Waals surface area contributed by atoms with Gasteiger partial charge in [-0.15, -0.1) is 0 Å². The van der Waals surface area contributed by atoms with Crippen LogP contribution in [-0.2, 0) is 5.41 Å². The molecule has 3 aromatic carbocycles. The standard InChI is InChI=1S/C22H20BrN/c1-22(2,3)15-11-12-19-18-9-4-5-10-20(18)24(21(19)13-15)17-8-6-7-16(23)14-17/h4-14H,1-3H3. The Morgan fingerprint density at radius 3 is 2.25 bits per heavy atom. The van der Waals surface area contributed by atoms with E-state index >= 15 is 0 Å². The van der Waals surface area contributed by atoms with E-state index in [4.69, 9.17) is 0 Å². The first-order valence-corrected chi connectivity index (χ1v) is 9.04. The van der Waals surface area contributed by atoms with Crippen molar-refractivity contribution in [2.45, 2.75) is 26.2 Å². The second-order valence-electron chi connectivity index (χ2n) is 7.31. The molecule has 24 heavy (non-hydrogen) atoms. The van der Waals surface area contributed by atoms with Crippen molar-refractivity contribution in [3.8, 4) is 5.69 Å². The van der Waals surface area contributed by atoms with Gasteiger partial charge < -0.3 is 4.57 Å². The summed E-state index contributed by atoms with van der Waals surface area (Å²) in [6.45, 7) is 6.79. The van der Waals surface area contributed by atoms with Crippen molar-refractivity contribution in [1.82, 2.24) is 4.57 Å². The molecule has 0 aliphatic carbocycles. The van der Waals surface area contributed by atoms with Gasteiger partial charge in [-0.05, 0) is 41.3 Å². The first-order valence-electron chi connectivity index (χ1n) is 8.25. The maximum Gasteiger partial charge on any atom is 0.0544 e. The van der Waals surface area contributed by atoms with Crippen LogP contribution in [-0.4, -0.2) is 4.57 Å². The topological polar surface area (TPSA) is 4.93 Å². The summed E-state index contributed by atoms with van der Waals surface area (Å²) < 4.78 is 3.46. The zero-order valence-corrected chi connectivity index (χ0v) is 15.8. The molecule has 0 amide bonds. The number of hydrogen-bond acceptors (Lipinski definition) is 0. The highest BCUT2D eigenvalue weighted by Gasteiger charge is 2.17. The molecule has 0 unspecified atom stereocenters. The summed E-state index contributed by atoms with van der Waals surface area (Å²) in [7, 11) is 0. The Morgan fingerprint density at radius 2 is 1.50 bits per heavy atom. The number of fused-ring (bicyclic) bond motifs is 3. The number of hydrogen-bond donors (Lipinski definition) is 0. The lowest BCUT2D eigenvalue weighted by Gasteiger charge is -2.19. The molecule has 0 fully saturated rings. The molecule has 1 heterocycles. The fraction of sp³-hybridized carbons (Fsp3) is 0.182. The highest BCUT2D eigenvalue weighted by molar-refractivity contribution is 9.10. The minimum absolute atomic E-state index is 0.132. The van der Waals surface area contributed by atoms with Gasteiger partial charge in [0.2, 0.25) is 0 Å². The monoisotopic (exact) mass is 377 g/mol. The molecule has 4 aromatic rings. The third-order valence-corrected chi connectivity index (χ3v) is 5.10. The number of benzene rings is 3. The second-order valence-corrected chi connectivity index (χ2v) is 8.23. The molecule has 0 spiro atoms. The van der Waals surface area contributed by atoms with Gasteiger partial charge in [0, 0.05) is 20.9 Å². The predicted molar refractivity (Wildman–Crippen MR) is 107 cm³/mol. The van der Waals surface area contributed by atoms with Gasteiger partial charge >= 0.3 is 0 Å². The summed E-state index contributed by atoms with van der Waals surface area (Å²) in [6.07, 6.45) is 0. The van der Waals surface area contributed by atoms with E-state index in [1.54, 1.807) is 0 Å². The minimum Gasteiger partial charge on any atom is -0.309 e. The molecule has 0 N–H and O–H groups in total. The van der Waals surface area contributed by atoms with Crippen LogP contribution < -0.4 is 0 Å². The molecular formula is C22H20BrN. The highest BCUT2D eigenvalue weighted by Crippen LogP contribution is 2.35. The molecule has 0 aliphatic rings. The molecule has 0 radical (unpaired) electrons. The van der Waals surface area contributed by atoms with Gasteiger partial charge in [0.1, 0.15) is 0 Å². The SMILES string of the molecule is CC(C)(C)c1ccc2c3ccccc3n(-c3cccc(Br)c3)c2c1. The predicted octanol–water partition coefficient (Wildman–Crippen LogP) is 6.84. The van der Waals surface area contributed by atoms with Gasteiger partial charge in [-0.1, -0.05) is 73.1 Å². The van der Waals surface area contributed by atoms with Crippen LogP contribution in [0.1, 0.15) is 26.3 Å². The summed E-state index contributed by atoms with van der Waals surface area (Å²) in [6, 6.07) is 24.0. The van der Waals surface area contributed by atoms with Gasteiger partial charge in [0.05, 0.1) is 11.0 Å². The summed E-state index contributed by atoms with van der Waals surface area (Å²) in [5, 5.41) is 2.60. The van der Waals surface area contributed by atoms with Gasteiger partial charge in [0.15, 0.2) is 0 Å². The van der Waals surface area contributed by atoms with E-state index in [0.29, 0.717) is 0 Å². The van der Waals surface area contributed by atoms with E-state index in [1.807, 2.05) is 0 Å². The van der Waals surface area contributed by atoms with Crippen LogP contribution in [0.5, 0.6) is 0 Å². The van der Waals surface area contributed by atoms with Crippen LogP contribution in [0.4, 0.5) is 0 Å². The van der Waals surface area contributed by atoms with Crippen LogP contribution in [0, 0.1) is 0 Å². The first-order chi connectivity index (χ1) is 11.4. The molecule has 0 saturated heterocycles. The molecule has 1 aromatic heterocycles. The van der Waals surface area contributed by atoms with E-state index in [2.05, 4.69) is 108 Å². The Kier molecular flexibility index (Phi) is 3.54. The average molecular weight is 378 g/mol.